The lowest BCUT2D eigenvalue weighted by molar-refractivity contribution is -0.128. The molecule has 3 rings (SSSR count). The molecule has 0 spiro atoms. The van der Waals surface area contributed by atoms with E-state index in [-0.39, 0.29) is 11.9 Å². The summed E-state index contributed by atoms with van der Waals surface area (Å²) in [6.07, 6.45) is 1.67. The molecule has 1 fully saturated rings. The van der Waals surface area contributed by atoms with Gasteiger partial charge in [0.15, 0.2) is 11.5 Å². The molecule has 1 atom stereocenters. The number of nitrogens with two attached hydrogens (primary N) is 1. The van der Waals surface area contributed by atoms with Crippen LogP contribution >= 0.6 is 0 Å². The van der Waals surface area contributed by atoms with Crippen molar-refractivity contribution in [1.29, 1.82) is 0 Å². The Labute approximate surface area is 121 Å². The molecule has 1 unspecified atom stereocenters. The molecular formula is C12H18N8O. The van der Waals surface area contributed by atoms with Gasteiger partial charge < -0.3 is 10.7 Å². The number of nitrogen functional groups attached to an aromatic ring is 1. The molecule has 112 valence electrons. The Bertz CT molecular complexity index is 681. The van der Waals surface area contributed by atoms with Crippen LogP contribution in [0.4, 0.5) is 5.82 Å². The number of hydrogen-bond acceptors (Lipinski definition) is 7. The quantitative estimate of drug-likeness (QED) is 0.489. The van der Waals surface area contributed by atoms with E-state index in [2.05, 4.69) is 25.8 Å². The molecule has 1 saturated heterocycles. The SMILES string of the molecule is CC1C(=O)NCCN1Cc1nc(NN)c2cnn(C)c2n1. The van der Waals surface area contributed by atoms with Gasteiger partial charge in [-0.25, -0.2) is 15.8 Å². The first-order valence-electron chi connectivity index (χ1n) is 6.77. The molecular weight excluding hydrogens is 272 g/mol. The second-order valence-electron chi connectivity index (χ2n) is 5.08. The number of hydrogen-bond donors (Lipinski definition) is 3. The minimum atomic E-state index is -0.195. The largest absolute Gasteiger partial charge is 0.353 e. The van der Waals surface area contributed by atoms with Crippen molar-refractivity contribution in [3.8, 4) is 0 Å². The van der Waals surface area contributed by atoms with E-state index in [9.17, 15) is 4.79 Å². The van der Waals surface area contributed by atoms with Crippen molar-refractivity contribution in [2.45, 2.75) is 19.5 Å². The van der Waals surface area contributed by atoms with Crippen molar-refractivity contribution in [1.82, 2.24) is 30.0 Å². The molecule has 3 heterocycles. The van der Waals surface area contributed by atoms with E-state index < -0.39 is 0 Å². The Hall–Kier alpha value is -2.26. The molecule has 9 nitrogen and oxygen atoms in total. The van der Waals surface area contributed by atoms with Crippen LogP contribution in [0.1, 0.15) is 12.7 Å². The van der Waals surface area contributed by atoms with E-state index in [1.54, 1.807) is 10.9 Å². The number of rotatable bonds is 3. The van der Waals surface area contributed by atoms with Crippen molar-refractivity contribution in [2.75, 3.05) is 18.5 Å². The highest BCUT2D eigenvalue weighted by Crippen LogP contribution is 2.19. The van der Waals surface area contributed by atoms with Crippen molar-refractivity contribution in [2.24, 2.45) is 12.9 Å². The predicted molar refractivity (Wildman–Crippen MR) is 77.0 cm³/mol. The van der Waals surface area contributed by atoms with Crippen LogP contribution in [0.15, 0.2) is 6.20 Å². The number of piperazine rings is 1. The number of hydrazine groups is 1. The summed E-state index contributed by atoms with van der Waals surface area (Å²) in [5.74, 6) is 6.70. The van der Waals surface area contributed by atoms with Crippen LogP contribution in [0, 0.1) is 0 Å². The van der Waals surface area contributed by atoms with Crippen molar-refractivity contribution in [3.63, 3.8) is 0 Å². The molecule has 9 heteroatoms. The summed E-state index contributed by atoms with van der Waals surface area (Å²) < 4.78 is 1.67. The smallest absolute Gasteiger partial charge is 0.237 e. The number of fused-ring (bicyclic) bond motifs is 1. The lowest BCUT2D eigenvalue weighted by Gasteiger charge is -2.32. The average molecular weight is 290 g/mol. The number of carbonyl (C=O) groups is 1. The molecule has 0 radical (unpaired) electrons. The van der Waals surface area contributed by atoms with Crippen LogP contribution < -0.4 is 16.6 Å². The van der Waals surface area contributed by atoms with Gasteiger partial charge in [0.2, 0.25) is 5.91 Å². The highest BCUT2D eigenvalue weighted by molar-refractivity contribution is 5.86. The molecule has 2 aromatic rings. The molecule has 1 amide bonds. The Morgan fingerprint density at radius 3 is 3.10 bits per heavy atom. The Kier molecular flexibility index (Phi) is 3.43. The van der Waals surface area contributed by atoms with Crippen LogP contribution in [0.25, 0.3) is 11.0 Å². The number of nitrogens with zero attached hydrogens (tertiary/aromatic N) is 5. The standard InChI is InChI=1S/C12H18N8O/c1-7-12(21)14-3-4-20(7)6-9-16-10(18-13)8-5-15-19(2)11(8)17-9/h5,7H,3-4,6,13H2,1-2H3,(H,14,21)(H,16,17,18). The first-order valence-corrected chi connectivity index (χ1v) is 6.77. The molecule has 4 N–H and O–H groups in total. The lowest BCUT2D eigenvalue weighted by Crippen LogP contribution is -2.53. The summed E-state index contributed by atoms with van der Waals surface area (Å²) >= 11 is 0. The van der Waals surface area contributed by atoms with Gasteiger partial charge in [-0.05, 0) is 6.92 Å². The van der Waals surface area contributed by atoms with Gasteiger partial charge >= 0.3 is 0 Å². The monoisotopic (exact) mass is 290 g/mol. The third kappa shape index (κ3) is 2.41. The molecule has 0 aliphatic carbocycles. The van der Waals surface area contributed by atoms with Gasteiger partial charge in [0.25, 0.3) is 0 Å². The molecule has 1 aliphatic heterocycles. The van der Waals surface area contributed by atoms with Crippen molar-refractivity contribution < 1.29 is 4.79 Å². The Balaban J connectivity index is 1.93. The summed E-state index contributed by atoms with van der Waals surface area (Å²) in [6, 6.07) is -0.195. The second kappa shape index (κ2) is 5.26. The fraction of sp³-hybridized carbons (Fsp3) is 0.500. The van der Waals surface area contributed by atoms with E-state index in [1.165, 1.54) is 0 Å². The number of aryl methyl sites for hydroxylation is 1. The zero-order valence-electron chi connectivity index (χ0n) is 12.0. The van der Waals surface area contributed by atoms with Crippen LogP contribution in [0.3, 0.4) is 0 Å². The van der Waals surface area contributed by atoms with E-state index in [4.69, 9.17) is 5.84 Å². The lowest BCUT2D eigenvalue weighted by atomic mass is 10.2. The summed E-state index contributed by atoms with van der Waals surface area (Å²) in [5, 5.41) is 7.77. The van der Waals surface area contributed by atoms with Crippen molar-refractivity contribution >= 4 is 22.8 Å². The summed E-state index contributed by atoms with van der Waals surface area (Å²) in [5.41, 5.74) is 3.29. The average Bonchev–Trinajstić information content (AvgIpc) is 2.85. The number of anilines is 1. The zero-order chi connectivity index (χ0) is 15.0. The molecule has 21 heavy (non-hydrogen) atoms. The maximum absolute atomic E-state index is 11.7. The van der Waals surface area contributed by atoms with E-state index in [1.807, 2.05) is 18.9 Å². The maximum atomic E-state index is 11.7. The van der Waals surface area contributed by atoms with E-state index in [0.717, 1.165) is 11.9 Å². The topological polar surface area (TPSA) is 114 Å². The minimum Gasteiger partial charge on any atom is -0.353 e. The fourth-order valence-electron chi connectivity index (χ4n) is 2.48. The molecule has 0 bridgehead atoms. The number of nitrogens with one attached hydrogen (secondary N) is 2. The van der Waals surface area contributed by atoms with E-state index >= 15 is 0 Å². The van der Waals surface area contributed by atoms with Gasteiger partial charge in [0.05, 0.1) is 24.2 Å². The van der Waals surface area contributed by atoms with Gasteiger partial charge in [0.1, 0.15) is 5.82 Å². The van der Waals surface area contributed by atoms with Crippen LogP contribution in [-0.4, -0.2) is 49.7 Å². The van der Waals surface area contributed by atoms with Gasteiger partial charge in [-0.2, -0.15) is 5.10 Å². The first kappa shape index (κ1) is 13.7. The summed E-state index contributed by atoms with van der Waals surface area (Å²) in [6.45, 7) is 3.77. The highest BCUT2D eigenvalue weighted by atomic mass is 16.2. The fourth-order valence-corrected chi connectivity index (χ4v) is 2.48. The summed E-state index contributed by atoms with van der Waals surface area (Å²) in [7, 11) is 1.82. The normalized spacial score (nSPS) is 19.8. The molecule has 1 aliphatic rings. The van der Waals surface area contributed by atoms with Gasteiger partial charge in [-0.3, -0.25) is 14.4 Å². The first-order chi connectivity index (χ1) is 10.1. The van der Waals surface area contributed by atoms with Crippen LogP contribution in [-0.2, 0) is 18.4 Å². The highest BCUT2D eigenvalue weighted by Gasteiger charge is 2.26. The van der Waals surface area contributed by atoms with Crippen molar-refractivity contribution in [3.05, 3.63) is 12.0 Å². The van der Waals surface area contributed by atoms with Gasteiger partial charge in [-0.15, -0.1) is 0 Å². The maximum Gasteiger partial charge on any atom is 0.237 e. The van der Waals surface area contributed by atoms with Gasteiger partial charge in [0, 0.05) is 20.1 Å². The third-order valence-corrected chi connectivity index (χ3v) is 3.75. The molecule has 0 aromatic carbocycles. The Morgan fingerprint density at radius 1 is 1.52 bits per heavy atom. The predicted octanol–water partition coefficient (Wildman–Crippen LogP) is -1.03. The second-order valence-corrected chi connectivity index (χ2v) is 5.08. The van der Waals surface area contributed by atoms with Crippen LogP contribution in [0.2, 0.25) is 0 Å². The van der Waals surface area contributed by atoms with E-state index in [0.29, 0.717) is 30.4 Å². The molecule has 2 aromatic heterocycles. The minimum absolute atomic E-state index is 0.0278. The summed E-state index contributed by atoms with van der Waals surface area (Å²) in [4.78, 5) is 22.7. The Morgan fingerprint density at radius 2 is 2.33 bits per heavy atom. The molecule has 0 saturated carbocycles. The van der Waals surface area contributed by atoms with Gasteiger partial charge in [-0.1, -0.05) is 0 Å². The third-order valence-electron chi connectivity index (χ3n) is 3.75. The number of carbonyl (C=O) groups excluding carboxylic acids is 1. The number of amides is 1. The van der Waals surface area contributed by atoms with Crippen LogP contribution in [0.5, 0.6) is 0 Å². The zero-order valence-corrected chi connectivity index (χ0v) is 12.0. The number of aromatic nitrogens is 4.